The van der Waals surface area contributed by atoms with Crippen LogP contribution < -0.4 is 10.1 Å². The first-order valence-electron chi connectivity index (χ1n) is 10.3. The molecule has 170 valence electrons. The van der Waals surface area contributed by atoms with Crippen LogP contribution >= 0.6 is 11.3 Å². The van der Waals surface area contributed by atoms with Gasteiger partial charge in [-0.05, 0) is 61.9 Å². The Kier molecular flexibility index (Phi) is 7.88. The molecule has 0 saturated heterocycles. The molecule has 1 aromatic heterocycles. The lowest BCUT2D eigenvalue weighted by molar-refractivity contribution is -0.142. The molecule has 0 unspecified atom stereocenters. The molecule has 0 spiro atoms. The fraction of sp³-hybridized carbons (Fsp3) is 0.348. The van der Waals surface area contributed by atoms with Crippen molar-refractivity contribution in [2.24, 2.45) is 0 Å². The number of benzene rings is 1. The van der Waals surface area contributed by atoms with Crippen LogP contribution in [0.2, 0.25) is 0 Å². The van der Waals surface area contributed by atoms with Crippen LogP contribution in [0.3, 0.4) is 0 Å². The molecule has 1 heterocycles. The normalized spacial score (nSPS) is 12.8. The lowest BCUT2D eigenvalue weighted by Crippen LogP contribution is -2.21. The Balaban J connectivity index is 1.60. The molecule has 32 heavy (non-hydrogen) atoms. The van der Waals surface area contributed by atoms with Gasteiger partial charge in [0, 0.05) is 11.0 Å². The van der Waals surface area contributed by atoms with Gasteiger partial charge in [0.1, 0.15) is 5.00 Å². The first-order chi connectivity index (χ1) is 15.4. The fourth-order valence-electron chi connectivity index (χ4n) is 3.38. The predicted molar refractivity (Wildman–Crippen MR) is 120 cm³/mol. The molecule has 2 N–H and O–H groups in total. The molecule has 9 heteroatoms. The number of amides is 1. The molecule has 3 rings (SSSR count). The van der Waals surface area contributed by atoms with E-state index in [0.29, 0.717) is 16.1 Å². The number of hydrogen-bond acceptors (Lipinski definition) is 8. The molecular formula is C23H25NO7S. The zero-order valence-electron chi connectivity index (χ0n) is 17.9. The van der Waals surface area contributed by atoms with Crippen molar-refractivity contribution in [1.82, 2.24) is 0 Å². The third-order valence-corrected chi connectivity index (χ3v) is 6.07. The second-order valence-electron chi connectivity index (χ2n) is 7.06. The first-order valence-corrected chi connectivity index (χ1v) is 11.1. The Bertz CT molecular complexity index is 1040. The van der Waals surface area contributed by atoms with Crippen molar-refractivity contribution in [1.29, 1.82) is 0 Å². The Hall–Kier alpha value is -3.33. The SMILES string of the molecule is CCOC(=O)c1c(NC(=O)COC(=O)C=Cc2ccc(O)c(OC)c2)sc2c1CCCC2. The Morgan fingerprint density at radius 2 is 1.97 bits per heavy atom. The van der Waals surface area contributed by atoms with Crippen LogP contribution in [-0.2, 0) is 31.9 Å². The second kappa shape index (κ2) is 10.8. The lowest BCUT2D eigenvalue weighted by Gasteiger charge is -2.12. The number of phenolic OH excluding ortho intramolecular Hbond substituents is 1. The minimum absolute atomic E-state index is 0.0126. The highest BCUT2D eigenvalue weighted by Gasteiger charge is 2.27. The van der Waals surface area contributed by atoms with Crippen LogP contribution in [-0.4, -0.2) is 43.3 Å². The monoisotopic (exact) mass is 459 g/mol. The van der Waals surface area contributed by atoms with E-state index < -0.39 is 24.5 Å². The minimum Gasteiger partial charge on any atom is -0.504 e. The average Bonchev–Trinajstić information content (AvgIpc) is 3.15. The van der Waals surface area contributed by atoms with Gasteiger partial charge in [0.2, 0.25) is 0 Å². The van der Waals surface area contributed by atoms with Crippen molar-refractivity contribution >= 4 is 40.3 Å². The van der Waals surface area contributed by atoms with E-state index in [0.717, 1.165) is 36.1 Å². The van der Waals surface area contributed by atoms with E-state index in [1.807, 2.05) is 0 Å². The quantitative estimate of drug-likeness (QED) is 0.457. The summed E-state index contributed by atoms with van der Waals surface area (Å²) in [6, 6.07) is 4.60. The molecular weight excluding hydrogens is 434 g/mol. The van der Waals surface area contributed by atoms with Crippen molar-refractivity contribution in [3.8, 4) is 11.5 Å². The van der Waals surface area contributed by atoms with Gasteiger partial charge in [0.15, 0.2) is 18.1 Å². The summed E-state index contributed by atoms with van der Waals surface area (Å²) in [6.45, 7) is 1.48. The molecule has 0 atom stereocenters. The number of aryl methyl sites for hydroxylation is 1. The van der Waals surface area contributed by atoms with Crippen molar-refractivity contribution in [2.75, 3.05) is 25.6 Å². The number of thiophene rings is 1. The van der Waals surface area contributed by atoms with Crippen molar-refractivity contribution < 1.29 is 33.7 Å². The van der Waals surface area contributed by atoms with E-state index in [9.17, 15) is 19.5 Å². The van der Waals surface area contributed by atoms with Gasteiger partial charge in [-0.25, -0.2) is 9.59 Å². The highest BCUT2D eigenvalue weighted by Crippen LogP contribution is 2.38. The number of esters is 2. The first kappa shape index (κ1) is 23.3. The van der Waals surface area contributed by atoms with Gasteiger partial charge in [0.05, 0.1) is 19.3 Å². The Morgan fingerprint density at radius 3 is 2.72 bits per heavy atom. The van der Waals surface area contributed by atoms with Gasteiger partial charge in [-0.15, -0.1) is 11.3 Å². The summed E-state index contributed by atoms with van der Waals surface area (Å²) in [7, 11) is 1.42. The summed E-state index contributed by atoms with van der Waals surface area (Å²) in [5.41, 5.74) is 1.97. The van der Waals surface area contributed by atoms with Crippen LogP contribution in [0.1, 0.15) is 46.1 Å². The molecule has 1 aliphatic carbocycles. The van der Waals surface area contributed by atoms with Crippen LogP contribution in [0.4, 0.5) is 5.00 Å². The zero-order valence-corrected chi connectivity index (χ0v) is 18.8. The van der Waals surface area contributed by atoms with Crippen LogP contribution in [0.25, 0.3) is 6.08 Å². The maximum Gasteiger partial charge on any atom is 0.341 e. The molecule has 1 amide bonds. The summed E-state index contributed by atoms with van der Waals surface area (Å²) in [5.74, 6) is -1.44. The number of phenols is 1. The lowest BCUT2D eigenvalue weighted by atomic mass is 9.95. The summed E-state index contributed by atoms with van der Waals surface area (Å²) in [6.07, 6.45) is 6.32. The minimum atomic E-state index is -0.705. The Morgan fingerprint density at radius 1 is 1.19 bits per heavy atom. The number of carbonyl (C=O) groups is 3. The maximum absolute atomic E-state index is 12.4. The van der Waals surface area contributed by atoms with Gasteiger partial charge >= 0.3 is 11.9 Å². The summed E-state index contributed by atoms with van der Waals surface area (Å²) in [5, 5.41) is 12.7. The number of ether oxygens (including phenoxy) is 3. The van der Waals surface area contributed by atoms with E-state index in [2.05, 4.69) is 5.32 Å². The number of methoxy groups -OCH3 is 1. The second-order valence-corrected chi connectivity index (χ2v) is 8.16. The zero-order chi connectivity index (χ0) is 23.1. The predicted octanol–water partition coefficient (Wildman–Crippen LogP) is 3.71. The third-order valence-electron chi connectivity index (χ3n) is 4.86. The van der Waals surface area contributed by atoms with Crippen molar-refractivity contribution in [3.63, 3.8) is 0 Å². The smallest absolute Gasteiger partial charge is 0.341 e. The molecule has 0 fully saturated rings. The Labute approximate surface area is 189 Å². The summed E-state index contributed by atoms with van der Waals surface area (Å²) < 4.78 is 15.2. The van der Waals surface area contributed by atoms with Crippen LogP contribution in [0.15, 0.2) is 24.3 Å². The number of rotatable bonds is 8. The topological polar surface area (TPSA) is 111 Å². The molecule has 1 aromatic carbocycles. The van der Waals surface area contributed by atoms with E-state index in [1.165, 1.54) is 36.7 Å². The number of anilines is 1. The number of fused-ring (bicyclic) bond motifs is 1. The molecule has 0 aliphatic heterocycles. The highest BCUT2D eigenvalue weighted by atomic mass is 32.1. The molecule has 1 aliphatic rings. The van der Waals surface area contributed by atoms with Gasteiger partial charge < -0.3 is 24.6 Å². The van der Waals surface area contributed by atoms with Gasteiger partial charge in [-0.3, -0.25) is 4.79 Å². The number of nitrogens with one attached hydrogen (secondary N) is 1. The van der Waals surface area contributed by atoms with Crippen LogP contribution in [0, 0.1) is 0 Å². The van der Waals surface area contributed by atoms with Gasteiger partial charge in [0.25, 0.3) is 5.91 Å². The number of carbonyl (C=O) groups excluding carboxylic acids is 3. The van der Waals surface area contributed by atoms with E-state index >= 15 is 0 Å². The van der Waals surface area contributed by atoms with E-state index in [1.54, 1.807) is 19.1 Å². The van der Waals surface area contributed by atoms with Crippen molar-refractivity contribution in [3.05, 3.63) is 45.8 Å². The largest absolute Gasteiger partial charge is 0.504 e. The molecule has 0 radical (unpaired) electrons. The van der Waals surface area contributed by atoms with Gasteiger partial charge in [-0.2, -0.15) is 0 Å². The number of hydrogen-bond donors (Lipinski definition) is 2. The number of aromatic hydroxyl groups is 1. The van der Waals surface area contributed by atoms with E-state index in [-0.39, 0.29) is 18.1 Å². The average molecular weight is 460 g/mol. The standard InChI is InChI=1S/C23H25NO7S/c1-3-30-23(28)21-15-6-4-5-7-18(15)32-22(21)24-19(26)13-31-20(27)11-9-14-8-10-16(25)17(12-14)29-2/h8-12,25H,3-7,13H2,1-2H3,(H,24,26). The molecule has 8 nitrogen and oxygen atoms in total. The third kappa shape index (κ3) is 5.67. The maximum atomic E-state index is 12.4. The molecule has 0 bridgehead atoms. The fourth-order valence-corrected chi connectivity index (χ4v) is 4.68. The van der Waals surface area contributed by atoms with E-state index in [4.69, 9.17) is 14.2 Å². The highest BCUT2D eigenvalue weighted by molar-refractivity contribution is 7.17. The molecule has 2 aromatic rings. The van der Waals surface area contributed by atoms with Crippen LogP contribution in [0.5, 0.6) is 11.5 Å². The summed E-state index contributed by atoms with van der Waals surface area (Å²) in [4.78, 5) is 37.9. The molecule has 0 saturated carbocycles. The van der Waals surface area contributed by atoms with Gasteiger partial charge in [-0.1, -0.05) is 6.07 Å². The van der Waals surface area contributed by atoms with Crippen molar-refractivity contribution in [2.45, 2.75) is 32.6 Å². The summed E-state index contributed by atoms with van der Waals surface area (Å²) >= 11 is 1.37.